The Kier molecular flexibility index (Phi) is 36.5. The van der Waals surface area contributed by atoms with E-state index in [2.05, 4.69) is 26.0 Å². The number of allylic oxidation sites excluding steroid dienone is 2. The number of hydrogen-bond donors (Lipinski definition) is 0. The Morgan fingerprint density at radius 2 is 0.944 bits per heavy atom. The second kappa shape index (κ2) is 37.3. The molecule has 0 aromatic carbocycles. The summed E-state index contributed by atoms with van der Waals surface area (Å²) in [4.78, 5) is 37.5. The maximum Gasteiger partial charge on any atom is 0.306 e. The number of quaternary nitrogens is 1. The van der Waals surface area contributed by atoms with Crippen LogP contribution in [0.15, 0.2) is 12.2 Å². The second-order valence-electron chi connectivity index (χ2n) is 16.4. The van der Waals surface area contributed by atoms with E-state index in [0.717, 1.165) is 51.4 Å². The van der Waals surface area contributed by atoms with Crippen LogP contribution in [0.4, 0.5) is 0 Å². The Balaban J connectivity index is 4.34. The van der Waals surface area contributed by atoms with E-state index in [9.17, 15) is 19.0 Å². The van der Waals surface area contributed by atoms with Crippen molar-refractivity contribution in [2.24, 2.45) is 0 Å². The molecular weight excluding hydrogens is 701 g/mol. The van der Waals surface area contributed by atoms with Gasteiger partial charge in [-0.25, -0.2) is 0 Å². The summed E-state index contributed by atoms with van der Waals surface area (Å²) >= 11 is 0. The Bertz CT molecular complexity index is 938. The van der Waals surface area contributed by atoms with Crippen molar-refractivity contribution in [1.82, 2.24) is 0 Å². The Morgan fingerprint density at radius 1 is 0.556 bits per heavy atom. The van der Waals surface area contributed by atoms with E-state index in [4.69, 9.17) is 18.5 Å². The van der Waals surface area contributed by atoms with Crippen LogP contribution in [0, 0.1) is 0 Å². The number of ether oxygens (including phenoxy) is 2. The predicted octanol–water partition coefficient (Wildman–Crippen LogP) is 11.9. The molecule has 0 heterocycles. The quantitative estimate of drug-likeness (QED) is 0.0198. The molecule has 0 aromatic rings. The summed E-state index contributed by atoms with van der Waals surface area (Å²) in [5.74, 6) is -0.834. The summed E-state index contributed by atoms with van der Waals surface area (Å²) in [5.41, 5.74) is 0. The summed E-state index contributed by atoms with van der Waals surface area (Å²) in [6, 6.07) is 0. The molecule has 54 heavy (non-hydrogen) atoms. The van der Waals surface area contributed by atoms with Crippen LogP contribution in [0.1, 0.15) is 206 Å². The zero-order valence-electron chi connectivity index (χ0n) is 35.9. The number of phosphoric acid groups is 1. The van der Waals surface area contributed by atoms with Crippen molar-refractivity contribution in [3.05, 3.63) is 12.2 Å². The molecule has 0 rings (SSSR count). The topological polar surface area (TPSA) is 111 Å². The van der Waals surface area contributed by atoms with Crippen LogP contribution in [0.2, 0.25) is 0 Å². The molecule has 0 aliphatic rings. The Labute approximate surface area is 333 Å². The molecule has 0 aliphatic heterocycles. The first-order valence-electron chi connectivity index (χ1n) is 22.4. The fourth-order valence-electron chi connectivity index (χ4n) is 6.24. The number of nitrogens with zero attached hydrogens (tertiary/aromatic N) is 1. The lowest BCUT2D eigenvalue weighted by molar-refractivity contribution is -0.870. The van der Waals surface area contributed by atoms with Gasteiger partial charge >= 0.3 is 11.9 Å². The van der Waals surface area contributed by atoms with Crippen molar-refractivity contribution in [2.45, 2.75) is 213 Å². The van der Waals surface area contributed by atoms with Crippen LogP contribution in [0.25, 0.3) is 0 Å². The largest absolute Gasteiger partial charge is 0.756 e. The lowest BCUT2D eigenvalue weighted by Crippen LogP contribution is -2.37. The summed E-state index contributed by atoms with van der Waals surface area (Å²) in [5, 5.41) is 0. The van der Waals surface area contributed by atoms with E-state index < -0.39 is 26.5 Å². The Morgan fingerprint density at radius 3 is 1.37 bits per heavy atom. The molecule has 0 amide bonds. The number of hydrogen-bond acceptors (Lipinski definition) is 8. The minimum absolute atomic E-state index is 0.0289. The van der Waals surface area contributed by atoms with Gasteiger partial charge in [0.05, 0.1) is 27.7 Å². The molecule has 0 saturated heterocycles. The summed E-state index contributed by atoms with van der Waals surface area (Å²) < 4.78 is 33.9. The number of unbranched alkanes of at least 4 members (excludes halogenated alkanes) is 25. The van der Waals surface area contributed by atoms with Crippen LogP contribution < -0.4 is 4.89 Å². The molecule has 0 radical (unpaired) electrons. The first-order valence-corrected chi connectivity index (χ1v) is 23.9. The van der Waals surface area contributed by atoms with Gasteiger partial charge in [0.2, 0.25) is 0 Å². The van der Waals surface area contributed by atoms with E-state index in [-0.39, 0.29) is 32.0 Å². The van der Waals surface area contributed by atoms with Crippen LogP contribution in [0.5, 0.6) is 0 Å². The van der Waals surface area contributed by atoms with E-state index in [0.29, 0.717) is 17.4 Å². The summed E-state index contributed by atoms with van der Waals surface area (Å²) in [7, 11) is 1.17. The minimum atomic E-state index is -4.62. The molecule has 2 atom stereocenters. The van der Waals surface area contributed by atoms with Gasteiger partial charge in [-0.05, 0) is 38.5 Å². The summed E-state index contributed by atoms with van der Waals surface area (Å²) in [6.45, 7) is 4.23. The summed E-state index contributed by atoms with van der Waals surface area (Å²) in [6.07, 6.45) is 38.0. The number of carbonyl (C=O) groups excluding carboxylic acids is 2. The fraction of sp³-hybridized carbons (Fsp3) is 0.909. The normalized spacial score (nSPS) is 13.7. The molecular formula is C44H86NO8P. The third kappa shape index (κ3) is 40.4. The number of carbonyl (C=O) groups is 2. The first kappa shape index (κ1) is 52.8. The third-order valence-electron chi connectivity index (χ3n) is 9.79. The van der Waals surface area contributed by atoms with Crippen molar-refractivity contribution < 1.29 is 42.1 Å². The minimum Gasteiger partial charge on any atom is -0.756 e. The van der Waals surface area contributed by atoms with Crippen molar-refractivity contribution in [3.63, 3.8) is 0 Å². The van der Waals surface area contributed by atoms with E-state index >= 15 is 0 Å². The van der Waals surface area contributed by atoms with Gasteiger partial charge in [-0.1, -0.05) is 167 Å². The molecule has 320 valence electrons. The molecule has 9 nitrogen and oxygen atoms in total. The lowest BCUT2D eigenvalue weighted by Gasteiger charge is -2.28. The Hall–Kier alpha value is -1.25. The van der Waals surface area contributed by atoms with Gasteiger partial charge in [-0.15, -0.1) is 0 Å². The molecule has 0 saturated carbocycles. The number of phosphoric ester groups is 1. The molecule has 0 aromatic heterocycles. The molecule has 0 N–H and O–H groups in total. The van der Waals surface area contributed by atoms with Gasteiger partial charge in [0.1, 0.15) is 19.8 Å². The van der Waals surface area contributed by atoms with E-state index in [1.165, 1.54) is 122 Å². The average molecular weight is 788 g/mol. The molecule has 1 unspecified atom stereocenters. The van der Waals surface area contributed by atoms with E-state index in [1.807, 2.05) is 21.1 Å². The van der Waals surface area contributed by atoms with Gasteiger partial charge in [0.15, 0.2) is 6.10 Å². The number of esters is 2. The van der Waals surface area contributed by atoms with Crippen molar-refractivity contribution in [2.75, 3.05) is 47.5 Å². The first-order chi connectivity index (χ1) is 26.0. The average Bonchev–Trinajstić information content (AvgIpc) is 3.12. The highest BCUT2D eigenvalue weighted by Crippen LogP contribution is 2.38. The maximum atomic E-state index is 12.7. The zero-order valence-corrected chi connectivity index (χ0v) is 36.8. The molecule has 0 aliphatic carbocycles. The van der Waals surface area contributed by atoms with Crippen molar-refractivity contribution in [1.29, 1.82) is 0 Å². The standard InChI is InChI=1S/C44H86NO8P/c1-6-8-10-12-14-16-18-20-22-24-26-28-30-32-34-36-43(46)50-40-42(41-52-54(48,49)51-39-38-45(3,4)5)53-44(47)37-35-33-31-29-27-25-23-21-19-17-15-13-11-9-7-2/h20,22,42H,6-19,21,23-41H2,1-5H3/b22-20-/t42-/m1/s1. The van der Waals surface area contributed by atoms with Crippen LogP contribution in [-0.2, 0) is 32.7 Å². The third-order valence-corrected chi connectivity index (χ3v) is 10.7. The molecule has 0 spiro atoms. The molecule has 10 heteroatoms. The SMILES string of the molecule is CCCCCCCC/C=C\CCCCCCCC(=O)OC[C@H](COP(=O)([O-])OCC[N+](C)(C)C)OC(=O)CCCCCCCCCCCCCCCCC. The highest BCUT2D eigenvalue weighted by molar-refractivity contribution is 7.45. The highest BCUT2D eigenvalue weighted by atomic mass is 31.2. The van der Waals surface area contributed by atoms with Crippen molar-refractivity contribution >= 4 is 19.8 Å². The smallest absolute Gasteiger partial charge is 0.306 e. The van der Waals surface area contributed by atoms with Crippen LogP contribution in [0.3, 0.4) is 0 Å². The lowest BCUT2D eigenvalue weighted by atomic mass is 10.0. The highest BCUT2D eigenvalue weighted by Gasteiger charge is 2.21. The van der Waals surface area contributed by atoms with Gasteiger partial charge in [-0.3, -0.25) is 14.2 Å². The van der Waals surface area contributed by atoms with Gasteiger partial charge in [0.25, 0.3) is 7.82 Å². The number of rotatable bonds is 41. The van der Waals surface area contributed by atoms with Gasteiger partial charge in [0, 0.05) is 12.8 Å². The van der Waals surface area contributed by atoms with Crippen LogP contribution in [-0.4, -0.2) is 70.0 Å². The monoisotopic (exact) mass is 788 g/mol. The van der Waals surface area contributed by atoms with Gasteiger partial charge < -0.3 is 27.9 Å². The van der Waals surface area contributed by atoms with Crippen LogP contribution >= 0.6 is 7.82 Å². The second-order valence-corrected chi connectivity index (χ2v) is 17.8. The number of likely N-dealkylation sites (N-methyl/N-ethyl adjacent to an activating group) is 1. The fourth-order valence-corrected chi connectivity index (χ4v) is 6.97. The predicted molar refractivity (Wildman–Crippen MR) is 222 cm³/mol. The molecule has 0 fully saturated rings. The molecule has 0 bridgehead atoms. The zero-order chi connectivity index (χ0) is 40.0. The maximum absolute atomic E-state index is 12.7. The van der Waals surface area contributed by atoms with Gasteiger partial charge in [-0.2, -0.15) is 0 Å². The van der Waals surface area contributed by atoms with Crippen molar-refractivity contribution in [3.8, 4) is 0 Å². The van der Waals surface area contributed by atoms with E-state index in [1.54, 1.807) is 0 Å².